The maximum atomic E-state index is 14.3. The second-order valence-corrected chi connectivity index (χ2v) is 7.55. The highest BCUT2D eigenvalue weighted by molar-refractivity contribution is 7.99. The molecule has 0 fully saturated rings. The molecular formula is C21H15FN4O4S. The number of aromatic nitrogens is 3. The third-order valence-corrected chi connectivity index (χ3v) is 5.30. The highest BCUT2D eigenvalue weighted by atomic mass is 32.2. The molecule has 8 nitrogen and oxygen atoms in total. The van der Waals surface area contributed by atoms with E-state index in [1.807, 2.05) is 30.3 Å². The third-order valence-electron chi connectivity index (χ3n) is 4.32. The van der Waals surface area contributed by atoms with Gasteiger partial charge in [-0.15, -0.1) is 0 Å². The van der Waals surface area contributed by atoms with Gasteiger partial charge in [0.2, 0.25) is 0 Å². The number of amides is 1. The first kappa shape index (κ1) is 20.4. The van der Waals surface area contributed by atoms with Crippen molar-refractivity contribution >= 4 is 29.3 Å². The van der Waals surface area contributed by atoms with E-state index in [0.717, 1.165) is 17.3 Å². The Morgan fingerprint density at radius 2 is 1.87 bits per heavy atom. The summed E-state index contributed by atoms with van der Waals surface area (Å²) in [6.45, 7) is -0.610. The minimum absolute atomic E-state index is 0.0464. The Labute approximate surface area is 179 Å². The number of rotatable bonds is 6. The van der Waals surface area contributed by atoms with Gasteiger partial charge in [0, 0.05) is 11.0 Å². The van der Waals surface area contributed by atoms with Crippen LogP contribution in [0, 0.1) is 5.82 Å². The van der Waals surface area contributed by atoms with Gasteiger partial charge in [-0.3, -0.25) is 9.59 Å². The van der Waals surface area contributed by atoms with E-state index in [-0.39, 0.29) is 11.2 Å². The zero-order valence-corrected chi connectivity index (χ0v) is 16.6. The predicted octanol–water partition coefficient (Wildman–Crippen LogP) is 3.21. The maximum absolute atomic E-state index is 14.3. The van der Waals surface area contributed by atoms with Crippen LogP contribution in [0.5, 0.6) is 5.75 Å². The van der Waals surface area contributed by atoms with Crippen molar-refractivity contribution < 1.29 is 24.2 Å². The fourth-order valence-electron chi connectivity index (χ4n) is 3.01. The van der Waals surface area contributed by atoms with Gasteiger partial charge in [-0.1, -0.05) is 42.1 Å². The number of carboxylic acid groups (broad SMARTS) is 1. The number of aliphatic carboxylic acids is 1. The quantitative estimate of drug-likeness (QED) is 0.423. The highest BCUT2D eigenvalue weighted by Gasteiger charge is 2.21. The largest absolute Gasteiger partial charge is 0.507 e. The molecule has 0 radical (unpaired) electrons. The molecule has 0 aliphatic heterocycles. The van der Waals surface area contributed by atoms with Crippen LogP contribution in [-0.2, 0) is 4.79 Å². The van der Waals surface area contributed by atoms with Gasteiger partial charge in [-0.2, -0.15) is 5.10 Å². The lowest BCUT2D eigenvalue weighted by Gasteiger charge is -2.11. The summed E-state index contributed by atoms with van der Waals surface area (Å²) < 4.78 is 15.6. The number of nitrogens with one attached hydrogen (secondary N) is 1. The topological polar surface area (TPSA) is 117 Å². The number of hydrogen-bond acceptors (Lipinski definition) is 6. The van der Waals surface area contributed by atoms with E-state index in [1.54, 1.807) is 6.07 Å². The number of nitrogens with zero attached hydrogens (tertiary/aromatic N) is 3. The number of carboxylic acids is 1. The number of pyridine rings is 1. The first-order valence-corrected chi connectivity index (χ1v) is 9.83. The maximum Gasteiger partial charge on any atom is 0.322 e. The molecule has 2 heterocycles. The Morgan fingerprint density at radius 3 is 2.61 bits per heavy atom. The van der Waals surface area contributed by atoms with Crippen molar-refractivity contribution in [3.8, 4) is 16.9 Å². The minimum atomic E-state index is -1.22. The third kappa shape index (κ3) is 4.33. The number of carbonyl (C=O) groups is 2. The fourth-order valence-corrected chi connectivity index (χ4v) is 4.00. The van der Waals surface area contributed by atoms with E-state index in [2.05, 4.69) is 15.4 Å². The molecule has 0 aliphatic rings. The van der Waals surface area contributed by atoms with E-state index in [4.69, 9.17) is 5.11 Å². The van der Waals surface area contributed by atoms with Gasteiger partial charge in [0.25, 0.3) is 5.91 Å². The Bertz CT molecular complexity index is 1290. The predicted molar refractivity (Wildman–Crippen MR) is 111 cm³/mol. The molecule has 0 atom stereocenters. The van der Waals surface area contributed by atoms with Gasteiger partial charge in [0.1, 0.15) is 35.0 Å². The molecule has 31 heavy (non-hydrogen) atoms. The Hall–Kier alpha value is -3.92. The summed E-state index contributed by atoms with van der Waals surface area (Å²) in [4.78, 5) is 27.6. The van der Waals surface area contributed by atoms with E-state index in [0.29, 0.717) is 15.5 Å². The monoisotopic (exact) mass is 438 g/mol. The van der Waals surface area contributed by atoms with Crippen molar-refractivity contribution in [1.29, 1.82) is 0 Å². The van der Waals surface area contributed by atoms with Crippen molar-refractivity contribution in [3.63, 3.8) is 0 Å². The molecule has 0 saturated heterocycles. The summed E-state index contributed by atoms with van der Waals surface area (Å²) in [7, 11) is 0. The van der Waals surface area contributed by atoms with Crippen LogP contribution >= 0.6 is 11.8 Å². The summed E-state index contributed by atoms with van der Waals surface area (Å²) in [5, 5.41) is 25.8. The fraction of sp³-hybridized carbons (Fsp3) is 0.0476. The first-order chi connectivity index (χ1) is 14.9. The van der Waals surface area contributed by atoms with Gasteiger partial charge < -0.3 is 15.5 Å². The molecule has 0 saturated carbocycles. The van der Waals surface area contributed by atoms with Crippen LogP contribution in [0.2, 0.25) is 0 Å². The molecule has 1 amide bonds. The smallest absolute Gasteiger partial charge is 0.322 e. The average molecular weight is 438 g/mol. The van der Waals surface area contributed by atoms with Gasteiger partial charge >= 0.3 is 5.97 Å². The Balaban J connectivity index is 1.71. The minimum Gasteiger partial charge on any atom is -0.507 e. The number of halogens is 1. The first-order valence-electron chi connectivity index (χ1n) is 9.02. The lowest BCUT2D eigenvalue weighted by atomic mass is 10.1. The van der Waals surface area contributed by atoms with Crippen LogP contribution in [-0.4, -0.2) is 43.2 Å². The van der Waals surface area contributed by atoms with Crippen molar-refractivity contribution in [2.24, 2.45) is 0 Å². The van der Waals surface area contributed by atoms with Crippen molar-refractivity contribution in [3.05, 3.63) is 72.3 Å². The summed E-state index contributed by atoms with van der Waals surface area (Å²) >= 11 is 1.13. The molecule has 0 bridgehead atoms. The van der Waals surface area contributed by atoms with E-state index >= 15 is 0 Å². The van der Waals surface area contributed by atoms with Crippen LogP contribution in [0.1, 0.15) is 10.4 Å². The van der Waals surface area contributed by atoms with Crippen LogP contribution in [0.15, 0.2) is 70.8 Å². The Morgan fingerprint density at radius 1 is 1.10 bits per heavy atom. The number of hydrogen-bond donors (Lipinski definition) is 3. The van der Waals surface area contributed by atoms with E-state index < -0.39 is 30.0 Å². The molecule has 4 rings (SSSR count). The molecular weight excluding hydrogens is 423 g/mol. The van der Waals surface area contributed by atoms with E-state index in [1.165, 1.54) is 29.0 Å². The second-order valence-electron chi connectivity index (χ2n) is 6.46. The second kappa shape index (κ2) is 8.44. The number of aromatic hydroxyl groups is 1. The molecule has 3 N–H and O–H groups in total. The van der Waals surface area contributed by atoms with Crippen LogP contribution < -0.4 is 5.32 Å². The zero-order chi connectivity index (χ0) is 22.0. The molecule has 2 aromatic carbocycles. The van der Waals surface area contributed by atoms with Crippen LogP contribution in [0.3, 0.4) is 0 Å². The van der Waals surface area contributed by atoms with E-state index in [9.17, 15) is 19.1 Å². The lowest BCUT2D eigenvalue weighted by Crippen LogP contribution is -2.29. The summed E-state index contributed by atoms with van der Waals surface area (Å²) in [5.41, 5.74) is 1.38. The van der Waals surface area contributed by atoms with Crippen LogP contribution in [0.25, 0.3) is 16.8 Å². The molecule has 0 spiro atoms. The zero-order valence-electron chi connectivity index (χ0n) is 15.8. The van der Waals surface area contributed by atoms with Gasteiger partial charge in [0.05, 0.1) is 0 Å². The average Bonchev–Trinajstić information content (AvgIpc) is 3.22. The lowest BCUT2D eigenvalue weighted by molar-refractivity contribution is -0.135. The summed E-state index contributed by atoms with van der Waals surface area (Å²) in [6, 6.07) is 15.2. The Kier molecular flexibility index (Phi) is 5.54. The highest BCUT2D eigenvalue weighted by Crippen LogP contribution is 2.35. The summed E-state index contributed by atoms with van der Waals surface area (Å²) in [5.74, 6) is -2.84. The number of fused-ring (bicyclic) bond motifs is 1. The number of benzene rings is 2. The molecule has 156 valence electrons. The van der Waals surface area contributed by atoms with Gasteiger partial charge in [-0.25, -0.2) is 13.9 Å². The van der Waals surface area contributed by atoms with Gasteiger partial charge in [-0.05, 0) is 29.3 Å². The molecule has 2 aromatic heterocycles. The summed E-state index contributed by atoms with van der Waals surface area (Å²) in [6.07, 6.45) is 1.20. The molecule has 0 aliphatic carbocycles. The van der Waals surface area contributed by atoms with Crippen LogP contribution in [0.4, 0.5) is 4.39 Å². The standard InChI is InChI=1S/C21H15FN4O4S/c22-14-6-13(12-4-2-1-3-5-12)7-15(8-14)31-17-9-16(27)19(20-24-11-25-26(17)20)21(30)23-10-18(28)29/h1-9,11,27H,10H2,(H,23,30)(H,28,29). The molecule has 0 unspecified atom stereocenters. The van der Waals surface area contributed by atoms with Crippen molar-refractivity contribution in [2.75, 3.05) is 6.54 Å². The number of carbonyl (C=O) groups excluding carboxylic acids is 1. The SMILES string of the molecule is O=C(O)CNC(=O)c1c(O)cc(Sc2cc(F)cc(-c3ccccc3)c2)n2ncnc12. The van der Waals surface area contributed by atoms with Crippen molar-refractivity contribution in [1.82, 2.24) is 19.9 Å². The van der Waals surface area contributed by atoms with Gasteiger partial charge in [0.15, 0.2) is 5.65 Å². The molecule has 10 heteroatoms. The normalized spacial score (nSPS) is 10.9. The molecule has 4 aromatic rings. The van der Waals surface area contributed by atoms with Crippen molar-refractivity contribution in [2.45, 2.75) is 9.92 Å².